The van der Waals surface area contributed by atoms with Crippen molar-refractivity contribution in [2.75, 3.05) is 0 Å². The maximum absolute atomic E-state index is 9.13. The van der Waals surface area contributed by atoms with Crippen LogP contribution in [0.4, 0.5) is 0 Å². The number of benzene rings is 1. The molecule has 0 radical (unpaired) electrons. The number of aryl methyl sites for hydroxylation is 3. The van der Waals surface area contributed by atoms with Gasteiger partial charge >= 0.3 is 0 Å². The molecule has 1 aromatic carbocycles. The van der Waals surface area contributed by atoms with Crippen LogP contribution in [0.2, 0.25) is 0 Å². The molecular formula is C14H13N3S. The summed E-state index contributed by atoms with van der Waals surface area (Å²) in [5.41, 5.74) is 3.63. The zero-order valence-electron chi connectivity index (χ0n) is 10.6. The van der Waals surface area contributed by atoms with Gasteiger partial charge in [0.15, 0.2) is 5.16 Å². The fraction of sp³-hybridized carbons (Fsp3) is 0.214. The lowest BCUT2D eigenvalue weighted by Gasteiger charge is -2.05. The molecule has 0 saturated heterocycles. The van der Waals surface area contributed by atoms with E-state index in [9.17, 15) is 0 Å². The van der Waals surface area contributed by atoms with Crippen LogP contribution in [0.5, 0.6) is 0 Å². The monoisotopic (exact) mass is 255 g/mol. The van der Waals surface area contributed by atoms with Gasteiger partial charge in [-0.15, -0.1) is 0 Å². The predicted octanol–water partition coefficient (Wildman–Crippen LogP) is 3.42. The second kappa shape index (κ2) is 5.19. The molecule has 18 heavy (non-hydrogen) atoms. The Balaban J connectivity index is 2.37. The van der Waals surface area contributed by atoms with E-state index in [1.807, 2.05) is 45.0 Å². The number of nitriles is 1. The molecule has 1 heterocycles. The van der Waals surface area contributed by atoms with Gasteiger partial charge in [-0.3, -0.25) is 0 Å². The normalized spacial score (nSPS) is 10.1. The first-order chi connectivity index (χ1) is 8.58. The minimum Gasteiger partial charge on any atom is -0.228 e. The molecule has 1 aromatic heterocycles. The van der Waals surface area contributed by atoms with Crippen LogP contribution in [-0.2, 0) is 0 Å². The van der Waals surface area contributed by atoms with E-state index in [4.69, 9.17) is 5.26 Å². The molecule has 0 amide bonds. The molecule has 0 bridgehead atoms. The average molecular weight is 255 g/mol. The summed E-state index contributed by atoms with van der Waals surface area (Å²) >= 11 is 1.43. The predicted molar refractivity (Wildman–Crippen MR) is 71.5 cm³/mol. The Morgan fingerprint density at radius 3 is 2.33 bits per heavy atom. The molecule has 0 fully saturated rings. The largest absolute Gasteiger partial charge is 0.228 e. The van der Waals surface area contributed by atoms with Crippen molar-refractivity contribution >= 4 is 11.8 Å². The standard InChI is InChI=1S/C14H13N3S/c1-9-4-5-13(12(6-9)8-15)18-14-16-10(2)7-11(3)17-14/h4-7H,1-3H3. The van der Waals surface area contributed by atoms with Crippen molar-refractivity contribution in [3.05, 3.63) is 46.8 Å². The number of aromatic nitrogens is 2. The van der Waals surface area contributed by atoms with Gasteiger partial charge in [-0.1, -0.05) is 6.07 Å². The highest BCUT2D eigenvalue weighted by Gasteiger charge is 2.07. The van der Waals surface area contributed by atoms with Crippen LogP contribution in [0, 0.1) is 32.1 Å². The van der Waals surface area contributed by atoms with E-state index in [0.717, 1.165) is 21.8 Å². The number of hydrogen-bond donors (Lipinski definition) is 0. The van der Waals surface area contributed by atoms with Gasteiger partial charge in [0.2, 0.25) is 0 Å². The van der Waals surface area contributed by atoms with Crippen LogP contribution in [0.25, 0.3) is 0 Å². The second-order valence-electron chi connectivity index (χ2n) is 4.15. The molecule has 0 unspecified atom stereocenters. The average Bonchev–Trinajstić information content (AvgIpc) is 2.30. The summed E-state index contributed by atoms with van der Waals surface area (Å²) in [6, 6.07) is 9.96. The molecule has 4 heteroatoms. The Labute approximate surface area is 111 Å². The minimum atomic E-state index is 0.669. The van der Waals surface area contributed by atoms with E-state index in [1.165, 1.54) is 11.8 Å². The fourth-order valence-corrected chi connectivity index (χ4v) is 2.58. The molecule has 0 atom stereocenters. The first-order valence-corrected chi connectivity index (χ1v) is 6.41. The Hall–Kier alpha value is -1.86. The third-order valence-corrected chi connectivity index (χ3v) is 3.36. The zero-order chi connectivity index (χ0) is 13.1. The third kappa shape index (κ3) is 2.88. The van der Waals surface area contributed by atoms with Crippen molar-refractivity contribution in [1.82, 2.24) is 9.97 Å². The smallest absolute Gasteiger partial charge is 0.192 e. The summed E-state index contributed by atoms with van der Waals surface area (Å²) in [4.78, 5) is 9.64. The highest BCUT2D eigenvalue weighted by atomic mass is 32.2. The van der Waals surface area contributed by atoms with Gasteiger partial charge in [0.1, 0.15) is 6.07 Å². The molecular weight excluding hydrogens is 242 g/mol. The number of nitrogens with zero attached hydrogens (tertiary/aromatic N) is 3. The van der Waals surface area contributed by atoms with Crippen LogP contribution in [-0.4, -0.2) is 9.97 Å². The van der Waals surface area contributed by atoms with E-state index in [2.05, 4.69) is 16.0 Å². The van der Waals surface area contributed by atoms with Crippen molar-refractivity contribution in [1.29, 1.82) is 5.26 Å². The quantitative estimate of drug-likeness (QED) is 0.771. The molecule has 3 nitrogen and oxygen atoms in total. The summed E-state index contributed by atoms with van der Waals surface area (Å²) in [5, 5.41) is 9.81. The summed E-state index contributed by atoms with van der Waals surface area (Å²) < 4.78 is 0. The van der Waals surface area contributed by atoms with Crippen molar-refractivity contribution in [3.8, 4) is 6.07 Å². The Morgan fingerprint density at radius 1 is 1.06 bits per heavy atom. The Kier molecular flexibility index (Phi) is 3.63. The maximum atomic E-state index is 9.13. The van der Waals surface area contributed by atoms with Crippen molar-refractivity contribution in [2.45, 2.75) is 30.8 Å². The van der Waals surface area contributed by atoms with E-state index < -0.39 is 0 Å². The molecule has 0 N–H and O–H groups in total. The molecule has 0 saturated carbocycles. The lowest BCUT2D eigenvalue weighted by molar-refractivity contribution is 0.902. The minimum absolute atomic E-state index is 0.669. The molecule has 0 aliphatic carbocycles. The molecule has 0 aliphatic rings. The number of hydrogen-bond acceptors (Lipinski definition) is 4. The first-order valence-electron chi connectivity index (χ1n) is 5.59. The van der Waals surface area contributed by atoms with Crippen LogP contribution in [0.3, 0.4) is 0 Å². The van der Waals surface area contributed by atoms with Gasteiger partial charge in [-0.2, -0.15) is 5.26 Å². The van der Waals surface area contributed by atoms with Gasteiger partial charge in [-0.25, -0.2) is 9.97 Å². The lowest BCUT2D eigenvalue weighted by Crippen LogP contribution is -1.93. The first kappa shape index (κ1) is 12.6. The van der Waals surface area contributed by atoms with Crippen LogP contribution >= 0.6 is 11.8 Å². The number of rotatable bonds is 2. The summed E-state index contributed by atoms with van der Waals surface area (Å²) in [5.74, 6) is 0. The third-order valence-electron chi connectivity index (χ3n) is 2.42. The zero-order valence-corrected chi connectivity index (χ0v) is 11.4. The van der Waals surface area contributed by atoms with E-state index >= 15 is 0 Å². The van der Waals surface area contributed by atoms with Crippen LogP contribution in [0.1, 0.15) is 22.5 Å². The summed E-state index contributed by atoms with van der Waals surface area (Å²) in [6.45, 7) is 5.86. The van der Waals surface area contributed by atoms with Gasteiger partial charge in [0.25, 0.3) is 0 Å². The van der Waals surface area contributed by atoms with Crippen molar-refractivity contribution < 1.29 is 0 Å². The van der Waals surface area contributed by atoms with Crippen LogP contribution < -0.4 is 0 Å². The van der Waals surface area contributed by atoms with Crippen molar-refractivity contribution in [3.63, 3.8) is 0 Å². The molecule has 2 rings (SSSR count). The molecule has 2 aromatic rings. The van der Waals surface area contributed by atoms with Gasteiger partial charge in [0, 0.05) is 16.3 Å². The topological polar surface area (TPSA) is 49.6 Å². The second-order valence-corrected chi connectivity index (χ2v) is 5.16. The lowest BCUT2D eigenvalue weighted by atomic mass is 10.2. The van der Waals surface area contributed by atoms with E-state index in [1.54, 1.807) is 0 Å². The highest BCUT2D eigenvalue weighted by molar-refractivity contribution is 7.99. The van der Waals surface area contributed by atoms with E-state index in [-0.39, 0.29) is 0 Å². The van der Waals surface area contributed by atoms with Crippen molar-refractivity contribution in [2.24, 2.45) is 0 Å². The Morgan fingerprint density at radius 2 is 1.72 bits per heavy atom. The Bertz CT molecular complexity index is 609. The van der Waals surface area contributed by atoms with Gasteiger partial charge in [0.05, 0.1) is 5.56 Å². The summed E-state index contributed by atoms with van der Waals surface area (Å²) in [7, 11) is 0. The SMILES string of the molecule is Cc1ccc(Sc2nc(C)cc(C)n2)c(C#N)c1. The molecule has 0 aliphatic heterocycles. The molecule has 90 valence electrons. The molecule has 0 spiro atoms. The summed E-state index contributed by atoms with van der Waals surface area (Å²) in [6.07, 6.45) is 0. The van der Waals surface area contributed by atoms with E-state index in [0.29, 0.717) is 10.7 Å². The van der Waals surface area contributed by atoms with Gasteiger partial charge < -0.3 is 0 Å². The fourth-order valence-electron chi connectivity index (χ4n) is 1.66. The van der Waals surface area contributed by atoms with Crippen LogP contribution in [0.15, 0.2) is 34.3 Å². The highest BCUT2D eigenvalue weighted by Crippen LogP contribution is 2.28. The van der Waals surface area contributed by atoms with Gasteiger partial charge in [-0.05, 0) is 56.3 Å². The maximum Gasteiger partial charge on any atom is 0.192 e.